The number of halogens is 2. The van der Waals surface area contributed by atoms with Crippen molar-refractivity contribution in [1.29, 1.82) is 0 Å². The van der Waals surface area contributed by atoms with Gasteiger partial charge in [0.2, 0.25) is 0 Å². The topological polar surface area (TPSA) is 43.1 Å². The predicted octanol–water partition coefficient (Wildman–Crippen LogP) is 5.11. The summed E-state index contributed by atoms with van der Waals surface area (Å²) in [6.45, 7) is 0. The molecule has 0 aliphatic heterocycles. The Bertz CT molecular complexity index is 866. The third-order valence-electron chi connectivity index (χ3n) is 3.01. The first-order valence-electron chi connectivity index (χ1n) is 5.95. The largest absolute Gasteiger partial charge is 0.191 e. The summed E-state index contributed by atoms with van der Waals surface area (Å²) in [5.41, 5.74) is 2.80. The van der Waals surface area contributed by atoms with Crippen molar-refractivity contribution in [2.45, 2.75) is 0 Å². The van der Waals surface area contributed by atoms with Gasteiger partial charge in [0.25, 0.3) is 0 Å². The molecule has 4 nitrogen and oxygen atoms in total. The first kappa shape index (κ1) is 13.6. The van der Waals surface area contributed by atoms with Gasteiger partial charge in [-0.3, -0.25) is 0 Å². The number of nitrogens with zero attached hydrogens (tertiary/aromatic N) is 4. The van der Waals surface area contributed by atoms with E-state index in [1.165, 1.54) is 0 Å². The molecule has 4 aromatic rings. The number of hydrogen-bond donors (Lipinski definition) is 0. The average Bonchev–Trinajstić information content (AvgIpc) is 3.18. The van der Waals surface area contributed by atoms with E-state index < -0.39 is 0 Å². The first-order chi connectivity index (χ1) is 10.2. The highest BCUT2D eigenvalue weighted by Gasteiger charge is 2.14. The van der Waals surface area contributed by atoms with Gasteiger partial charge in [-0.25, -0.2) is 0 Å². The highest BCUT2D eigenvalue weighted by molar-refractivity contribution is 9.11. The fourth-order valence-electron chi connectivity index (χ4n) is 2.11. The van der Waals surface area contributed by atoms with Crippen LogP contribution in [0.25, 0.3) is 26.7 Å². The van der Waals surface area contributed by atoms with Gasteiger partial charge in [-0.05, 0) is 78.7 Å². The molecule has 0 amide bonds. The van der Waals surface area contributed by atoms with Gasteiger partial charge in [0.1, 0.15) is 0 Å². The maximum Gasteiger partial charge on any atom is 0.188 e. The second-order valence-corrected chi connectivity index (χ2v) is 9.18. The number of tetrazole rings is 1. The quantitative estimate of drug-likeness (QED) is 0.434. The minimum Gasteiger partial charge on any atom is -0.191 e. The summed E-state index contributed by atoms with van der Waals surface area (Å²) >= 11 is 10.3. The van der Waals surface area contributed by atoms with Crippen LogP contribution in [0.15, 0.2) is 44.0 Å². The van der Waals surface area contributed by atoms with Gasteiger partial charge in [0.15, 0.2) is 5.65 Å². The fourth-order valence-corrected chi connectivity index (χ4v) is 4.92. The van der Waals surface area contributed by atoms with Crippen LogP contribution in [0.1, 0.15) is 0 Å². The lowest BCUT2D eigenvalue weighted by Crippen LogP contribution is -1.94. The monoisotopic (exact) mass is 440 g/mol. The Morgan fingerprint density at radius 1 is 0.857 bits per heavy atom. The second-order valence-electron chi connectivity index (χ2n) is 4.25. The Morgan fingerprint density at radius 2 is 1.57 bits per heavy atom. The molecule has 0 fully saturated rings. The van der Waals surface area contributed by atoms with E-state index in [2.05, 4.69) is 71.7 Å². The molecule has 0 saturated carbocycles. The summed E-state index contributed by atoms with van der Waals surface area (Å²) in [7, 11) is 0. The van der Waals surface area contributed by atoms with E-state index in [0.29, 0.717) is 0 Å². The third kappa shape index (κ3) is 2.36. The van der Waals surface area contributed by atoms with Crippen LogP contribution in [0.2, 0.25) is 0 Å². The van der Waals surface area contributed by atoms with Crippen molar-refractivity contribution in [3.63, 3.8) is 0 Å². The van der Waals surface area contributed by atoms with Crippen LogP contribution in [0.5, 0.6) is 0 Å². The van der Waals surface area contributed by atoms with Gasteiger partial charge in [0, 0.05) is 10.4 Å². The van der Waals surface area contributed by atoms with Crippen molar-refractivity contribution >= 4 is 60.2 Å². The van der Waals surface area contributed by atoms with Crippen molar-refractivity contribution < 1.29 is 0 Å². The molecule has 0 unspecified atom stereocenters. The number of rotatable bonds is 2. The average molecular weight is 442 g/mol. The van der Waals surface area contributed by atoms with E-state index in [1.807, 2.05) is 12.1 Å². The minimum absolute atomic E-state index is 0.770. The molecule has 104 valence electrons. The molecule has 0 aromatic carbocycles. The number of aromatic nitrogens is 4. The number of pyridine rings is 1. The maximum atomic E-state index is 4.18. The third-order valence-corrected chi connectivity index (χ3v) is 6.31. The van der Waals surface area contributed by atoms with Crippen LogP contribution < -0.4 is 0 Å². The van der Waals surface area contributed by atoms with Gasteiger partial charge < -0.3 is 0 Å². The van der Waals surface area contributed by atoms with E-state index in [9.17, 15) is 0 Å². The van der Waals surface area contributed by atoms with Gasteiger partial charge in [-0.1, -0.05) is 0 Å². The minimum atomic E-state index is 0.770. The highest BCUT2D eigenvalue weighted by Crippen LogP contribution is 2.36. The molecule has 21 heavy (non-hydrogen) atoms. The molecule has 0 saturated heterocycles. The smallest absolute Gasteiger partial charge is 0.188 e. The van der Waals surface area contributed by atoms with Crippen LogP contribution in [0.4, 0.5) is 0 Å². The van der Waals surface area contributed by atoms with Gasteiger partial charge in [-0.15, -0.1) is 27.8 Å². The van der Waals surface area contributed by atoms with E-state index in [0.717, 1.165) is 34.2 Å². The Kier molecular flexibility index (Phi) is 3.41. The zero-order valence-electron chi connectivity index (χ0n) is 10.3. The lowest BCUT2D eigenvalue weighted by molar-refractivity contribution is 0.829. The van der Waals surface area contributed by atoms with E-state index in [4.69, 9.17) is 0 Å². The van der Waals surface area contributed by atoms with Crippen molar-refractivity contribution in [2.24, 2.45) is 0 Å². The lowest BCUT2D eigenvalue weighted by atomic mass is 10.2. The summed E-state index contributed by atoms with van der Waals surface area (Å²) < 4.78 is 3.97. The molecule has 4 rings (SSSR count). The molecule has 8 heteroatoms. The Hall–Kier alpha value is -1.09. The molecule has 0 aliphatic rings. The zero-order chi connectivity index (χ0) is 14.4. The Morgan fingerprint density at radius 3 is 2.24 bits per heavy atom. The second kappa shape index (κ2) is 5.28. The van der Waals surface area contributed by atoms with E-state index in [1.54, 1.807) is 27.2 Å². The molecule has 0 N–H and O–H groups in total. The summed E-state index contributed by atoms with van der Waals surface area (Å²) in [5, 5.41) is 12.2. The molecule has 4 aromatic heterocycles. The fraction of sp³-hybridized carbons (Fsp3) is 0. The van der Waals surface area contributed by atoms with Crippen molar-refractivity contribution in [1.82, 2.24) is 20.0 Å². The van der Waals surface area contributed by atoms with Crippen LogP contribution in [0.3, 0.4) is 0 Å². The predicted molar refractivity (Wildman–Crippen MR) is 92.8 cm³/mol. The first-order valence-corrected chi connectivity index (χ1v) is 9.17. The standard InChI is InChI=1S/C13H6Br2N4S2/c14-11-5-3-9(20-11)7-1-2-8(10-4-6-12(15)21-10)19-13(7)16-17-18-19/h1-6H. The van der Waals surface area contributed by atoms with Gasteiger partial charge in [0.05, 0.1) is 18.1 Å². The van der Waals surface area contributed by atoms with Crippen molar-refractivity contribution in [2.75, 3.05) is 0 Å². The van der Waals surface area contributed by atoms with Crippen LogP contribution in [-0.4, -0.2) is 20.0 Å². The normalized spacial score (nSPS) is 11.3. The van der Waals surface area contributed by atoms with Gasteiger partial charge >= 0.3 is 0 Å². The van der Waals surface area contributed by atoms with Crippen LogP contribution in [-0.2, 0) is 0 Å². The molecule has 0 radical (unpaired) electrons. The zero-order valence-corrected chi connectivity index (χ0v) is 15.1. The molecular formula is C13H6Br2N4S2. The summed E-state index contributed by atoms with van der Waals surface area (Å²) in [5.74, 6) is 0. The van der Waals surface area contributed by atoms with Gasteiger partial charge in [-0.2, -0.15) is 4.52 Å². The van der Waals surface area contributed by atoms with E-state index >= 15 is 0 Å². The van der Waals surface area contributed by atoms with Crippen molar-refractivity contribution in [3.8, 4) is 21.0 Å². The van der Waals surface area contributed by atoms with E-state index in [-0.39, 0.29) is 0 Å². The molecule has 0 aliphatic carbocycles. The van der Waals surface area contributed by atoms with Crippen molar-refractivity contribution in [3.05, 3.63) is 44.0 Å². The molecule has 0 spiro atoms. The number of thiophene rings is 2. The van der Waals surface area contributed by atoms with Crippen LogP contribution in [0, 0.1) is 0 Å². The molecule has 4 heterocycles. The number of hydrogen-bond acceptors (Lipinski definition) is 5. The highest BCUT2D eigenvalue weighted by atomic mass is 79.9. The summed E-state index contributed by atoms with van der Waals surface area (Å²) in [6, 6.07) is 12.3. The maximum absolute atomic E-state index is 4.18. The van der Waals surface area contributed by atoms with Crippen LogP contribution >= 0.6 is 54.5 Å². The molecule has 0 bridgehead atoms. The summed E-state index contributed by atoms with van der Waals surface area (Å²) in [6.07, 6.45) is 0. The molecular weight excluding hydrogens is 436 g/mol. The molecule has 0 atom stereocenters. The Balaban J connectivity index is 1.96. The lowest BCUT2D eigenvalue weighted by Gasteiger charge is -2.04. The summed E-state index contributed by atoms with van der Waals surface area (Å²) in [4.78, 5) is 2.26. The Labute approximate surface area is 144 Å². The SMILES string of the molecule is Brc1ccc(-c2ccc(-c3ccc(Br)s3)n3nnnc23)s1. The number of fused-ring (bicyclic) bond motifs is 1.